The van der Waals surface area contributed by atoms with E-state index in [-0.39, 0.29) is 17.1 Å². The van der Waals surface area contributed by atoms with Gasteiger partial charge in [0.15, 0.2) is 11.4 Å². The molecular formula is C7H6N2O5. The summed E-state index contributed by atoms with van der Waals surface area (Å²) in [5.74, 6) is -1.43. The Labute approximate surface area is 78.1 Å². The molecule has 0 radical (unpaired) electrons. The predicted octanol–water partition coefficient (Wildman–Crippen LogP) is 0.697. The molecule has 1 aromatic rings. The highest BCUT2D eigenvalue weighted by atomic mass is 16.6. The molecule has 0 spiro atoms. The molecule has 0 aliphatic carbocycles. The van der Waals surface area contributed by atoms with Gasteiger partial charge in [-0.3, -0.25) is 10.1 Å². The summed E-state index contributed by atoms with van der Waals surface area (Å²) in [5, 5.41) is 18.9. The minimum atomic E-state index is -1.29. The summed E-state index contributed by atoms with van der Waals surface area (Å²) < 4.78 is 4.65. The summed E-state index contributed by atoms with van der Waals surface area (Å²) in [6.07, 6.45) is 0.867. The Bertz CT molecular complexity index is 390. The molecule has 7 nitrogen and oxygen atoms in total. The zero-order valence-corrected chi connectivity index (χ0v) is 7.13. The van der Waals surface area contributed by atoms with E-state index in [4.69, 9.17) is 5.11 Å². The van der Waals surface area contributed by atoms with Crippen molar-refractivity contribution < 1.29 is 19.6 Å². The van der Waals surface area contributed by atoms with Gasteiger partial charge in [0, 0.05) is 0 Å². The third kappa shape index (κ3) is 1.76. The number of aromatic carboxylic acids is 1. The van der Waals surface area contributed by atoms with E-state index in [2.05, 4.69) is 9.72 Å². The number of pyridine rings is 1. The molecule has 0 aromatic carbocycles. The first kappa shape index (κ1) is 9.90. The Hall–Kier alpha value is -2.18. The van der Waals surface area contributed by atoms with Crippen LogP contribution in [0.3, 0.4) is 0 Å². The Morgan fingerprint density at radius 2 is 2.36 bits per heavy atom. The molecule has 0 unspecified atom stereocenters. The van der Waals surface area contributed by atoms with Gasteiger partial charge in [0.1, 0.15) is 6.20 Å². The van der Waals surface area contributed by atoms with Crippen LogP contribution in [-0.2, 0) is 0 Å². The van der Waals surface area contributed by atoms with Crippen molar-refractivity contribution in [1.29, 1.82) is 0 Å². The number of ether oxygens (including phenoxy) is 1. The molecule has 0 fully saturated rings. The zero-order valence-electron chi connectivity index (χ0n) is 7.13. The maximum atomic E-state index is 10.5. The monoisotopic (exact) mass is 198 g/mol. The summed E-state index contributed by atoms with van der Waals surface area (Å²) in [4.78, 5) is 23.6. The smallest absolute Gasteiger partial charge is 0.358 e. The molecule has 1 aromatic heterocycles. The number of rotatable bonds is 3. The Morgan fingerprint density at radius 3 is 2.79 bits per heavy atom. The second-order valence-corrected chi connectivity index (χ2v) is 2.31. The van der Waals surface area contributed by atoms with Gasteiger partial charge in [-0.15, -0.1) is 0 Å². The van der Waals surface area contributed by atoms with Crippen LogP contribution < -0.4 is 4.74 Å². The van der Waals surface area contributed by atoms with Crippen LogP contribution in [0.1, 0.15) is 10.5 Å². The van der Waals surface area contributed by atoms with Crippen molar-refractivity contribution in [2.45, 2.75) is 0 Å². The topological polar surface area (TPSA) is 103 Å². The van der Waals surface area contributed by atoms with Crippen molar-refractivity contribution in [2.24, 2.45) is 0 Å². The molecule has 14 heavy (non-hydrogen) atoms. The Kier molecular flexibility index (Phi) is 2.61. The third-order valence-corrected chi connectivity index (χ3v) is 1.47. The van der Waals surface area contributed by atoms with E-state index >= 15 is 0 Å². The van der Waals surface area contributed by atoms with E-state index in [1.165, 1.54) is 7.11 Å². The maximum Gasteiger partial charge on any atom is 0.358 e. The molecule has 74 valence electrons. The van der Waals surface area contributed by atoms with Crippen LogP contribution in [0.2, 0.25) is 0 Å². The minimum absolute atomic E-state index is 0.133. The van der Waals surface area contributed by atoms with Gasteiger partial charge < -0.3 is 9.84 Å². The van der Waals surface area contributed by atoms with Crippen molar-refractivity contribution in [3.05, 3.63) is 28.1 Å². The van der Waals surface area contributed by atoms with Crippen molar-refractivity contribution in [3.8, 4) is 5.75 Å². The SMILES string of the molecule is COc1cc([N+](=O)[O-])cnc1C(=O)O. The van der Waals surface area contributed by atoms with Gasteiger partial charge in [0.25, 0.3) is 5.69 Å². The lowest BCUT2D eigenvalue weighted by atomic mass is 10.3. The Morgan fingerprint density at radius 1 is 1.71 bits per heavy atom. The van der Waals surface area contributed by atoms with Crippen LogP contribution in [-0.4, -0.2) is 28.1 Å². The highest BCUT2D eigenvalue weighted by Gasteiger charge is 2.17. The number of carbonyl (C=O) groups is 1. The lowest BCUT2D eigenvalue weighted by molar-refractivity contribution is -0.385. The molecule has 0 amide bonds. The minimum Gasteiger partial charge on any atom is -0.494 e. The number of carboxylic acids is 1. The van der Waals surface area contributed by atoms with Crippen molar-refractivity contribution >= 4 is 11.7 Å². The molecule has 0 atom stereocenters. The highest BCUT2D eigenvalue weighted by molar-refractivity contribution is 5.88. The molecule has 7 heteroatoms. The van der Waals surface area contributed by atoms with Gasteiger partial charge in [-0.25, -0.2) is 9.78 Å². The standard InChI is InChI=1S/C7H6N2O5/c1-14-5-2-4(9(12)13)3-8-6(5)7(10)11/h2-3H,1H3,(H,10,11). The maximum absolute atomic E-state index is 10.5. The normalized spacial score (nSPS) is 9.50. The first-order valence-corrected chi connectivity index (χ1v) is 3.48. The van der Waals surface area contributed by atoms with Gasteiger partial charge >= 0.3 is 5.97 Å². The lowest BCUT2D eigenvalue weighted by Gasteiger charge is -2.02. The molecule has 0 saturated heterocycles. The molecular weight excluding hydrogens is 192 g/mol. The van der Waals surface area contributed by atoms with Crippen molar-refractivity contribution in [1.82, 2.24) is 4.98 Å². The van der Waals surface area contributed by atoms with Crippen LogP contribution in [0, 0.1) is 10.1 Å². The van der Waals surface area contributed by atoms with Crippen LogP contribution >= 0.6 is 0 Å². The second kappa shape index (κ2) is 3.69. The van der Waals surface area contributed by atoms with Crippen LogP contribution in [0.5, 0.6) is 5.75 Å². The van der Waals surface area contributed by atoms with Gasteiger partial charge in [-0.05, 0) is 0 Å². The summed E-state index contributed by atoms with van der Waals surface area (Å²) >= 11 is 0. The number of methoxy groups -OCH3 is 1. The number of nitro groups is 1. The summed E-state index contributed by atoms with van der Waals surface area (Å²) in [7, 11) is 1.22. The molecule has 0 aliphatic heterocycles. The largest absolute Gasteiger partial charge is 0.494 e. The number of hydrogen-bond donors (Lipinski definition) is 1. The second-order valence-electron chi connectivity index (χ2n) is 2.31. The van der Waals surface area contributed by atoms with E-state index in [0.717, 1.165) is 12.3 Å². The first-order valence-electron chi connectivity index (χ1n) is 3.48. The number of nitrogens with zero attached hydrogens (tertiary/aromatic N) is 2. The molecule has 0 bridgehead atoms. The van der Waals surface area contributed by atoms with E-state index < -0.39 is 10.9 Å². The number of aromatic nitrogens is 1. The fraction of sp³-hybridized carbons (Fsp3) is 0.143. The molecule has 1 heterocycles. The number of hydrogen-bond acceptors (Lipinski definition) is 5. The zero-order chi connectivity index (χ0) is 10.7. The highest BCUT2D eigenvalue weighted by Crippen LogP contribution is 2.21. The fourth-order valence-corrected chi connectivity index (χ4v) is 0.850. The summed E-state index contributed by atoms with van der Waals surface area (Å²) in [6, 6.07) is 1.01. The number of carboxylic acid groups (broad SMARTS) is 1. The molecule has 0 aliphatic rings. The molecule has 0 saturated carbocycles. The van der Waals surface area contributed by atoms with Crippen LogP contribution in [0.15, 0.2) is 12.3 Å². The average molecular weight is 198 g/mol. The van der Waals surface area contributed by atoms with Gasteiger partial charge in [-0.1, -0.05) is 0 Å². The first-order chi connectivity index (χ1) is 6.56. The van der Waals surface area contributed by atoms with E-state index in [1.54, 1.807) is 0 Å². The molecule has 1 rings (SSSR count). The van der Waals surface area contributed by atoms with Crippen LogP contribution in [0.25, 0.3) is 0 Å². The quantitative estimate of drug-likeness (QED) is 0.566. The van der Waals surface area contributed by atoms with Crippen LogP contribution in [0.4, 0.5) is 5.69 Å². The van der Waals surface area contributed by atoms with E-state index in [0.29, 0.717) is 0 Å². The summed E-state index contributed by atoms with van der Waals surface area (Å²) in [5.41, 5.74) is -0.662. The van der Waals surface area contributed by atoms with E-state index in [9.17, 15) is 14.9 Å². The fourth-order valence-electron chi connectivity index (χ4n) is 0.850. The van der Waals surface area contributed by atoms with Gasteiger partial charge in [-0.2, -0.15) is 0 Å². The van der Waals surface area contributed by atoms with Crippen molar-refractivity contribution in [2.75, 3.05) is 7.11 Å². The average Bonchev–Trinajstić information content (AvgIpc) is 2.16. The predicted molar refractivity (Wildman–Crippen MR) is 44.4 cm³/mol. The Balaban J connectivity index is 3.25. The third-order valence-electron chi connectivity index (χ3n) is 1.47. The van der Waals surface area contributed by atoms with E-state index in [1.807, 2.05) is 0 Å². The summed E-state index contributed by atoms with van der Waals surface area (Å²) in [6.45, 7) is 0. The van der Waals surface area contributed by atoms with Gasteiger partial charge in [0.2, 0.25) is 0 Å². The lowest BCUT2D eigenvalue weighted by Crippen LogP contribution is -2.04. The van der Waals surface area contributed by atoms with Crippen molar-refractivity contribution in [3.63, 3.8) is 0 Å². The van der Waals surface area contributed by atoms with Gasteiger partial charge in [0.05, 0.1) is 18.1 Å². The molecule has 1 N–H and O–H groups in total.